The summed E-state index contributed by atoms with van der Waals surface area (Å²) < 4.78 is 62.0. The molecule has 9 atom stereocenters. The summed E-state index contributed by atoms with van der Waals surface area (Å²) in [5.41, 5.74) is 0.637. The Hall–Kier alpha value is -7.02. The second kappa shape index (κ2) is 24.0. The van der Waals surface area contributed by atoms with Gasteiger partial charge in [0.05, 0.1) is 34.4 Å². The number of rotatable bonds is 18. The fraction of sp³-hybridized carbons (Fsp3) is 0.321. The van der Waals surface area contributed by atoms with Crippen LogP contribution in [0.25, 0.3) is 0 Å². The number of carbonyl (C=O) groups excluding carboxylic acids is 6. The fourth-order valence-electron chi connectivity index (χ4n) is 7.52. The van der Waals surface area contributed by atoms with Crippen LogP contribution in [0.2, 0.25) is 25.7 Å². The number of hydrogen-bond donors (Lipinski definition) is 0. The Balaban J connectivity index is 1.31. The second-order valence-electron chi connectivity index (χ2n) is 17.6. The maximum absolute atomic E-state index is 14.2. The molecule has 7 rings (SSSR count). The van der Waals surface area contributed by atoms with Crippen LogP contribution in [0.5, 0.6) is 0 Å². The molecule has 70 heavy (non-hydrogen) atoms. The van der Waals surface area contributed by atoms with Gasteiger partial charge in [-0.2, -0.15) is 0 Å². The van der Waals surface area contributed by atoms with Crippen molar-refractivity contribution in [2.75, 3.05) is 19.8 Å². The highest BCUT2D eigenvalue weighted by molar-refractivity contribution is 6.76. The van der Waals surface area contributed by atoms with Crippen LogP contribution >= 0.6 is 0 Å². The third-order valence-corrected chi connectivity index (χ3v) is 12.8. The quantitative estimate of drug-likeness (QED) is 0.0475. The minimum absolute atomic E-state index is 0.0797. The minimum atomic E-state index is -1.81. The summed E-state index contributed by atoms with van der Waals surface area (Å²) in [6.45, 7) is 6.87. The average Bonchev–Trinajstić information content (AvgIpc) is 3.37. The van der Waals surface area contributed by atoms with Crippen LogP contribution in [0, 0.1) is 0 Å². The number of benzene rings is 5. The molecule has 0 unspecified atom stereocenters. The SMILES string of the molecule is CC(=O)O[C@@H]1[C@@H](OC(=O)c2ccccc2)[C@H](OCC[Si](C)(C)C)OC[C@H]1O[C@@H]1O[C@H](COC(=O)c2ccccc2)[C@H](OC(=O)c2ccccc2)[C@H](OC(=O)c2ccccc2)[C@H]1OC(=O)c1ccccc1. The fourth-order valence-corrected chi connectivity index (χ4v) is 8.25. The van der Waals surface area contributed by atoms with Gasteiger partial charge in [0.15, 0.2) is 43.1 Å². The summed E-state index contributed by atoms with van der Waals surface area (Å²) >= 11 is 0. The monoisotopic (exact) mass is 974 g/mol. The lowest BCUT2D eigenvalue weighted by molar-refractivity contribution is -0.341. The van der Waals surface area contributed by atoms with E-state index >= 15 is 0 Å². The van der Waals surface area contributed by atoms with Crippen LogP contribution in [0.1, 0.15) is 58.7 Å². The van der Waals surface area contributed by atoms with Crippen LogP contribution in [0.15, 0.2) is 152 Å². The van der Waals surface area contributed by atoms with Gasteiger partial charge < -0.3 is 47.4 Å². The molecule has 0 N–H and O–H groups in total. The third-order valence-electron chi connectivity index (χ3n) is 11.1. The zero-order valence-electron chi connectivity index (χ0n) is 39.0. The van der Waals surface area contributed by atoms with Crippen molar-refractivity contribution in [2.24, 2.45) is 0 Å². The van der Waals surface area contributed by atoms with Gasteiger partial charge in [0.1, 0.15) is 18.8 Å². The smallest absolute Gasteiger partial charge is 0.338 e. The standard InChI is InChI=1S/C53H54O16Si/c1-34(54)63-43-41(33-62-52(60-30-31-70(2,3)4)45(43)68-50(58)38-26-16-8-17-27-38)65-53-46(69-51(59)39-28-18-9-19-29-39)44(67-49(57)37-24-14-7-15-25-37)42(66-48(56)36-22-12-6-13-23-36)40(64-53)32-61-47(55)35-20-10-5-11-21-35/h5-29,40-46,52-53H,30-33H2,1-4H3/t40-,41-,42+,43+,44+,45-,46-,52-,53+/m1/s1. The lowest BCUT2D eigenvalue weighted by Crippen LogP contribution is -2.65. The number of hydrogen-bond acceptors (Lipinski definition) is 16. The van der Waals surface area contributed by atoms with Crippen molar-refractivity contribution in [2.45, 2.75) is 87.9 Å². The molecule has 2 fully saturated rings. The zero-order chi connectivity index (χ0) is 49.6. The largest absolute Gasteiger partial charge is 0.459 e. The molecule has 16 nitrogen and oxygen atoms in total. The Kier molecular flexibility index (Phi) is 17.4. The molecule has 2 heterocycles. The van der Waals surface area contributed by atoms with E-state index < -0.39 is 106 Å². The molecule has 0 aromatic heterocycles. The molecular formula is C53H54O16Si. The molecule has 2 aliphatic heterocycles. The summed E-state index contributed by atoms with van der Waals surface area (Å²) in [6, 6.07) is 40.7. The predicted octanol–water partition coefficient (Wildman–Crippen LogP) is 7.50. The Labute approximate surface area is 406 Å². The molecule has 0 amide bonds. The van der Waals surface area contributed by atoms with Gasteiger partial charge in [-0.25, -0.2) is 24.0 Å². The van der Waals surface area contributed by atoms with Crippen LogP contribution < -0.4 is 0 Å². The first-order chi connectivity index (χ1) is 33.7. The Morgan fingerprint density at radius 3 is 1.29 bits per heavy atom. The normalized spacial score (nSPS) is 23.2. The van der Waals surface area contributed by atoms with Crippen molar-refractivity contribution >= 4 is 43.9 Å². The average molecular weight is 975 g/mol. The molecule has 2 saturated heterocycles. The van der Waals surface area contributed by atoms with E-state index in [0.717, 1.165) is 6.92 Å². The topological polar surface area (TPSA) is 195 Å². The van der Waals surface area contributed by atoms with E-state index in [9.17, 15) is 28.8 Å². The van der Waals surface area contributed by atoms with E-state index in [0.29, 0.717) is 6.04 Å². The van der Waals surface area contributed by atoms with Crippen LogP contribution in [-0.2, 0) is 52.2 Å². The zero-order valence-corrected chi connectivity index (χ0v) is 40.0. The minimum Gasteiger partial charge on any atom is -0.459 e. The lowest BCUT2D eigenvalue weighted by atomic mass is 9.97. The molecular weight excluding hydrogens is 921 g/mol. The van der Waals surface area contributed by atoms with Crippen molar-refractivity contribution in [3.05, 3.63) is 179 Å². The third kappa shape index (κ3) is 13.8. The van der Waals surface area contributed by atoms with E-state index in [1.54, 1.807) is 103 Å². The Bertz CT molecular complexity index is 2520. The molecule has 2 aliphatic rings. The van der Waals surface area contributed by atoms with Crippen molar-refractivity contribution in [1.82, 2.24) is 0 Å². The van der Waals surface area contributed by atoms with Gasteiger partial charge >= 0.3 is 35.8 Å². The highest BCUT2D eigenvalue weighted by Crippen LogP contribution is 2.35. The molecule has 5 aromatic rings. The molecule has 0 aliphatic carbocycles. The van der Waals surface area contributed by atoms with E-state index in [4.69, 9.17) is 47.4 Å². The number of ether oxygens (including phenoxy) is 10. The summed E-state index contributed by atoms with van der Waals surface area (Å²) in [5.74, 6) is -5.08. The van der Waals surface area contributed by atoms with E-state index in [-0.39, 0.29) is 41.0 Å². The maximum Gasteiger partial charge on any atom is 0.338 e. The molecule has 366 valence electrons. The Morgan fingerprint density at radius 1 is 0.486 bits per heavy atom. The highest BCUT2D eigenvalue weighted by atomic mass is 28.3. The highest BCUT2D eigenvalue weighted by Gasteiger charge is 2.56. The molecule has 17 heteroatoms. The van der Waals surface area contributed by atoms with Crippen LogP contribution in [-0.4, -0.2) is 119 Å². The molecule has 0 spiro atoms. The van der Waals surface area contributed by atoms with Gasteiger partial charge in [0, 0.05) is 21.6 Å². The first-order valence-corrected chi connectivity index (χ1v) is 26.4. The van der Waals surface area contributed by atoms with Gasteiger partial charge in [0.2, 0.25) is 0 Å². The van der Waals surface area contributed by atoms with Crippen molar-refractivity contribution < 1.29 is 76.1 Å². The number of carbonyl (C=O) groups is 6. The van der Waals surface area contributed by atoms with E-state index in [1.807, 2.05) is 0 Å². The summed E-state index contributed by atoms with van der Waals surface area (Å²) in [4.78, 5) is 82.6. The molecule has 0 radical (unpaired) electrons. The summed E-state index contributed by atoms with van der Waals surface area (Å²) in [6.07, 6.45) is -14.1. The predicted molar refractivity (Wildman–Crippen MR) is 252 cm³/mol. The summed E-state index contributed by atoms with van der Waals surface area (Å²) in [7, 11) is -1.65. The summed E-state index contributed by atoms with van der Waals surface area (Å²) in [5, 5.41) is 0. The van der Waals surface area contributed by atoms with E-state index in [2.05, 4.69) is 19.6 Å². The molecule has 5 aromatic carbocycles. The van der Waals surface area contributed by atoms with Gasteiger partial charge in [-0.05, 0) is 66.7 Å². The number of esters is 6. The van der Waals surface area contributed by atoms with Gasteiger partial charge in [-0.15, -0.1) is 0 Å². The van der Waals surface area contributed by atoms with Crippen molar-refractivity contribution in [1.29, 1.82) is 0 Å². The molecule has 0 bridgehead atoms. The first kappa shape index (κ1) is 50.8. The first-order valence-electron chi connectivity index (χ1n) is 22.7. The Morgan fingerprint density at radius 2 is 0.871 bits per heavy atom. The van der Waals surface area contributed by atoms with Gasteiger partial charge in [-0.3, -0.25) is 4.79 Å². The van der Waals surface area contributed by atoms with Crippen molar-refractivity contribution in [3.8, 4) is 0 Å². The molecule has 0 saturated carbocycles. The van der Waals surface area contributed by atoms with Crippen molar-refractivity contribution in [3.63, 3.8) is 0 Å². The van der Waals surface area contributed by atoms with Crippen LogP contribution in [0.3, 0.4) is 0 Å². The lowest BCUT2D eigenvalue weighted by Gasteiger charge is -2.47. The van der Waals surface area contributed by atoms with Crippen LogP contribution in [0.4, 0.5) is 0 Å². The maximum atomic E-state index is 14.2. The van der Waals surface area contributed by atoms with Gasteiger partial charge in [-0.1, -0.05) is 111 Å². The second-order valence-corrected chi connectivity index (χ2v) is 23.2. The van der Waals surface area contributed by atoms with E-state index in [1.165, 1.54) is 48.5 Å². The van der Waals surface area contributed by atoms with Gasteiger partial charge in [0.25, 0.3) is 0 Å².